The molecule has 1 aliphatic rings. The molecule has 0 aromatic heterocycles. The van der Waals surface area contributed by atoms with E-state index in [-0.39, 0.29) is 41.4 Å². The average Bonchev–Trinajstić information content (AvgIpc) is 2.81. The van der Waals surface area contributed by atoms with E-state index in [1.54, 1.807) is 13.0 Å². The maximum Gasteiger partial charge on any atom is 0.313 e. The van der Waals surface area contributed by atoms with Crippen molar-refractivity contribution in [1.29, 1.82) is 0 Å². The number of carbonyl (C=O) groups is 4. The molecular formula is C14H15N3O5S. The first kappa shape index (κ1) is 16.8. The number of aryl methyl sites for hydroxylation is 1. The Morgan fingerprint density at radius 1 is 1.30 bits per heavy atom. The summed E-state index contributed by atoms with van der Waals surface area (Å²) in [6, 6.07) is 4.61. The van der Waals surface area contributed by atoms with Gasteiger partial charge in [-0.3, -0.25) is 24.1 Å². The molecule has 2 rings (SSSR count). The van der Waals surface area contributed by atoms with Crippen LogP contribution < -0.4 is 10.6 Å². The van der Waals surface area contributed by atoms with Gasteiger partial charge in [0.25, 0.3) is 5.24 Å². The topological polar surface area (TPSA) is 116 Å². The zero-order chi connectivity index (χ0) is 17.0. The molecule has 8 nitrogen and oxygen atoms in total. The summed E-state index contributed by atoms with van der Waals surface area (Å²) < 4.78 is 0. The Morgan fingerprint density at radius 2 is 2.04 bits per heavy atom. The Bertz CT molecular complexity index is 660. The van der Waals surface area contributed by atoms with Crippen LogP contribution in [0.1, 0.15) is 5.56 Å². The second kappa shape index (κ2) is 7.14. The summed E-state index contributed by atoms with van der Waals surface area (Å²) in [5, 5.41) is 13.9. The molecule has 0 aliphatic carbocycles. The Kier molecular flexibility index (Phi) is 5.22. The van der Waals surface area contributed by atoms with Crippen LogP contribution in [0.3, 0.4) is 0 Å². The molecule has 122 valence electrons. The highest BCUT2D eigenvalue weighted by molar-refractivity contribution is 8.14. The minimum absolute atomic E-state index is 0.0134. The highest BCUT2D eigenvalue weighted by Crippen LogP contribution is 2.23. The fraction of sp³-hybridized carbons (Fsp3) is 0.286. The highest BCUT2D eigenvalue weighted by atomic mass is 32.2. The molecule has 3 N–H and O–H groups in total. The van der Waals surface area contributed by atoms with Crippen molar-refractivity contribution in [3.05, 3.63) is 23.8 Å². The van der Waals surface area contributed by atoms with E-state index in [1.165, 1.54) is 12.1 Å². The van der Waals surface area contributed by atoms with E-state index in [1.807, 2.05) is 0 Å². The summed E-state index contributed by atoms with van der Waals surface area (Å²) in [5.74, 6) is -2.23. The number of benzene rings is 1. The van der Waals surface area contributed by atoms with E-state index in [4.69, 9.17) is 0 Å². The zero-order valence-electron chi connectivity index (χ0n) is 12.3. The predicted octanol–water partition coefficient (Wildman–Crippen LogP) is 0.451. The number of imide groups is 1. The third-order valence-corrected chi connectivity index (χ3v) is 3.93. The van der Waals surface area contributed by atoms with Crippen LogP contribution >= 0.6 is 11.8 Å². The fourth-order valence-corrected chi connectivity index (χ4v) is 2.64. The quantitative estimate of drug-likeness (QED) is 0.543. The van der Waals surface area contributed by atoms with Crippen LogP contribution in [0.5, 0.6) is 5.75 Å². The van der Waals surface area contributed by atoms with Gasteiger partial charge < -0.3 is 15.7 Å². The van der Waals surface area contributed by atoms with E-state index in [9.17, 15) is 24.3 Å². The molecule has 0 spiro atoms. The van der Waals surface area contributed by atoms with Crippen molar-refractivity contribution >= 4 is 40.4 Å². The lowest BCUT2D eigenvalue weighted by atomic mass is 10.2. The monoisotopic (exact) mass is 337 g/mol. The number of nitrogens with one attached hydrogen (secondary N) is 2. The summed E-state index contributed by atoms with van der Waals surface area (Å²) in [6.45, 7) is 1.76. The third-order valence-electron chi connectivity index (χ3n) is 3.07. The number of hydrogen-bond acceptors (Lipinski definition) is 6. The van der Waals surface area contributed by atoms with Gasteiger partial charge in [0.2, 0.25) is 5.91 Å². The molecule has 1 heterocycles. The van der Waals surface area contributed by atoms with Crippen molar-refractivity contribution in [2.24, 2.45) is 0 Å². The smallest absolute Gasteiger partial charge is 0.313 e. The number of nitrogens with zero attached hydrogens (tertiary/aromatic N) is 1. The van der Waals surface area contributed by atoms with Gasteiger partial charge in [0, 0.05) is 13.1 Å². The molecule has 0 atom stereocenters. The van der Waals surface area contributed by atoms with Gasteiger partial charge in [0.1, 0.15) is 5.75 Å². The number of phenols is 1. The molecule has 1 aliphatic heterocycles. The van der Waals surface area contributed by atoms with Crippen molar-refractivity contribution in [3.8, 4) is 5.75 Å². The number of rotatable bonds is 4. The van der Waals surface area contributed by atoms with Crippen LogP contribution in [0.4, 0.5) is 10.5 Å². The van der Waals surface area contributed by atoms with E-state index >= 15 is 0 Å². The van der Waals surface area contributed by atoms with E-state index < -0.39 is 11.8 Å². The van der Waals surface area contributed by atoms with Gasteiger partial charge >= 0.3 is 11.8 Å². The number of phenolic OH excluding ortho intramolecular Hbond substituents is 1. The number of thioether (sulfide) groups is 1. The minimum Gasteiger partial charge on any atom is -0.506 e. The molecule has 0 radical (unpaired) electrons. The number of amides is 4. The highest BCUT2D eigenvalue weighted by Gasteiger charge is 2.29. The van der Waals surface area contributed by atoms with Crippen molar-refractivity contribution in [3.63, 3.8) is 0 Å². The van der Waals surface area contributed by atoms with E-state index in [0.29, 0.717) is 0 Å². The van der Waals surface area contributed by atoms with Gasteiger partial charge in [0.05, 0.1) is 11.4 Å². The molecule has 4 amide bonds. The number of anilines is 1. The molecule has 1 saturated heterocycles. The number of aromatic hydroxyl groups is 1. The number of carbonyl (C=O) groups excluding carboxylic acids is 4. The summed E-state index contributed by atoms with van der Waals surface area (Å²) >= 11 is 0.901. The molecule has 1 fully saturated rings. The van der Waals surface area contributed by atoms with Crippen LogP contribution in [0.2, 0.25) is 0 Å². The molecule has 1 aromatic rings. The van der Waals surface area contributed by atoms with Gasteiger partial charge in [0.15, 0.2) is 0 Å². The van der Waals surface area contributed by atoms with Crippen molar-refractivity contribution in [2.45, 2.75) is 6.92 Å². The summed E-state index contributed by atoms with van der Waals surface area (Å²) in [6.07, 6.45) is 0. The van der Waals surface area contributed by atoms with Crippen molar-refractivity contribution in [1.82, 2.24) is 10.2 Å². The Morgan fingerprint density at radius 3 is 2.65 bits per heavy atom. The molecule has 0 saturated carbocycles. The first-order chi connectivity index (χ1) is 10.9. The zero-order valence-corrected chi connectivity index (χ0v) is 13.1. The van der Waals surface area contributed by atoms with Crippen molar-refractivity contribution < 1.29 is 24.3 Å². The molecular weight excluding hydrogens is 322 g/mol. The van der Waals surface area contributed by atoms with Gasteiger partial charge in [-0.25, -0.2) is 0 Å². The fourth-order valence-electron chi connectivity index (χ4n) is 1.89. The van der Waals surface area contributed by atoms with Crippen LogP contribution in [0.15, 0.2) is 18.2 Å². The Hall–Kier alpha value is -2.55. The van der Waals surface area contributed by atoms with Gasteiger partial charge in [-0.05, 0) is 24.6 Å². The third kappa shape index (κ3) is 4.22. The normalized spacial score (nSPS) is 14.0. The second-order valence-corrected chi connectivity index (χ2v) is 5.76. The molecule has 9 heteroatoms. The predicted molar refractivity (Wildman–Crippen MR) is 84.1 cm³/mol. The average molecular weight is 337 g/mol. The lowest BCUT2D eigenvalue weighted by Gasteiger charge is -2.13. The lowest BCUT2D eigenvalue weighted by molar-refractivity contribution is -0.136. The standard InChI is InChI=1S/C14H15N3O5S/c1-8-2-3-9(10(18)6-8)16-13(21)12(20)15-4-5-17-11(19)7-23-14(17)22/h2-3,6,18H,4-5,7H2,1H3,(H,15,20)(H,16,21). The van der Waals surface area contributed by atoms with Crippen LogP contribution in [0, 0.1) is 6.92 Å². The van der Waals surface area contributed by atoms with Gasteiger partial charge in [-0.2, -0.15) is 0 Å². The SMILES string of the molecule is Cc1ccc(NC(=O)C(=O)NCCN2C(=O)CSC2=O)c(O)c1. The maximum atomic E-state index is 11.7. The minimum atomic E-state index is -0.947. The van der Waals surface area contributed by atoms with Crippen molar-refractivity contribution in [2.75, 3.05) is 24.2 Å². The summed E-state index contributed by atoms with van der Waals surface area (Å²) in [4.78, 5) is 47.1. The van der Waals surface area contributed by atoms with Crippen LogP contribution in [-0.2, 0) is 14.4 Å². The molecule has 1 aromatic carbocycles. The summed E-state index contributed by atoms with van der Waals surface area (Å²) in [7, 11) is 0. The van der Waals surface area contributed by atoms with Crippen LogP contribution in [-0.4, -0.2) is 51.8 Å². The summed E-state index contributed by atoms with van der Waals surface area (Å²) in [5.41, 5.74) is 0.930. The molecule has 0 bridgehead atoms. The first-order valence-electron chi connectivity index (χ1n) is 6.74. The Labute approximate surface area is 136 Å². The second-order valence-electron chi connectivity index (χ2n) is 4.83. The largest absolute Gasteiger partial charge is 0.506 e. The van der Waals surface area contributed by atoms with E-state index in [2.05, 4.69) is 10.6 Å². The maximum absolute atomic E-state index is 11.7. The van der Waals surface area contributed by atoms with Gasteiger partial charge in [-0.1, -0.05) is 17.8 Å². The molecule has 0 unspecified atom stereocenters. The Balaban J connectivity index is 1.82. The first-order valence-corrected chi connectivity index (χ1v) is 7.73. The van der Waals surface area contributed by atoms with Crippen LogP contribution in [0.25, 0.3) is 0 Å². The molecule has 23 heavy (non-hydrogen) atoms. The van der Waals surface area contributed by atoms with E-state index in [0.717, 1.165) is 22.2 Å². The van der Waals surface area contributed by atoms with Gasteiger partial charge in [-0.15, -0.1) is 0 Å². The lowest BCUT2D eigenvalue weighted by Crippen LogP contribution is -2.41. The number of hydrogen-bond donors (Lipinski definition) is 3.